The van der Waals surface area contributed by atoms with Crippen LogP contribution in [0.1, 0.15) is 6.42 Å². The van der Waals surface area contributed by atoms with Gasteiger partial charge in [-0.05, 0) is 0 Å². The van der Waals surface area contributed by atoms with Crippen molar-refractivity contribution in [3.8, 4) is 12.3 Å². The van der Waals surface area contributed by atoms with Crippen LogP contribution in [-0.4, -0.2) is 20.9 Å². The van der Waals surface area contributed by atoms with Crippen molar-refractivity contribution < 1.29 is 0 Å². The molecule has 0 unspecified atom stereocenters. The van der Waals surface area contributed by atoms with E-state index >= 15 is 0 Å². The summed E-state index contributed by atoms with van der Waals surface area (Å²) in [7, 11) is 0. The van der Waals surface area contributed by atoms with Gasteiger partial charge < -0.3 is 0 Å². The van der Waals surface area contributed by atoms with Crippen LogP contribution in [0.4, 0.5) is 0 Å². The highest BCUT2D eigenvalue weighted by Gasteiger charge is 1.93. The summed E-state index contributed by atoms with van der Waals surface area (Å²) >= 11 is 1.52. The van der Waals surface area contributed by atoms with Crippen molar-refractivity contribution in [2.75, 3.05) is 5.75 Å². The van der Waals surface area contributed by atoms with E-state index in [9.17, 15) is 0 Å². The van der Waals surface area contributed by atoms with Gasteiger partial charge in [0.25, 0.3) is 0 Å². The Labute approximate surface area is 69.6 Å². The highest BCUT2D eigenvalue weighted by atomic mass is 32.2. The third-order valence-corrected chi connectivity index (χ3v) is 1.79. The lowest BCUT2D eigenvalue weighted by Gasteiger charge is -1.92. The molecule has 1 aromatic heterocycles. The zero-order valence-corrected chi connectivity index (χ0v) is 6.71. The standard InChI is InChI=1S/C7H7N3S/c1-2-3-6-11-7-8-4-5-9-10-7/h1,4-5H,3,6H2. The lowest BCUT2D eigenvalue weighted by Crippen LogP contribution is -1.88. The van der Waals surface area contributed by atoms with E-state index in [-0.39, 0.29) is 0 Å². The fourth-order valence-corrected chi connectivity index (χ4v) is 1.15. The van der Waals surface area contributed by atoms with E-state index in [1.54, 1.807) is 12.4 Å². The maximum atomic E-state index is 5.07. The van der Waals surface area contributed by atoms with Crippen LogP contribution in [-0.2, 0) is 0 Å². The fourth-order valence-electron chi connectivity index (χ4n) is 0.503. The van der Waals surface area contributed by atoms with E-state index in [4.69, 9.17) is 6.42 Å². The van der Waals surface area contributed by atoms with E-state index in [1.807, 2.05) is 0 Å². The van der Waals surface area contributed by atoms with E-state index in [0.29, 0.717) is 5.16 Å². The molecule has 0 fully saturated rings. The Morgan fingerprint density at radius 2 is 2.45 bits per heavy atom. The minimum atomic E-state index is 0.683. The average Bonchev–Trinajstić information content (AvgIpc) is 2.07. The number of rotatable bonds is 3. The third kappa shape index (κ3) is 3.01. The van der Waals surface area contributed by atoms with Crippen LogP contribution >= 0.6 is 11.8 Å². The Balaban J connectivity index is 2.35. The van der Waals surface area contributed by atoms with Crippen molar-refractivity contribution in [2.45, 2.75) is 11.6 Å². The number of terminal acetylenes is 1. The summed E-state index contributed by atoms with van der Waals surface area (Å²) in [6.45, 7) is 0. The van der Waals surface area contributed by atoms with Gasteiger partial charge >= 0.3 is 0 Å². The van der Waals surface area contributed by atoms with Crippen LogP contribution in [0.5, 0.6) is 0 Å². The second kappa shape index (κ2) is 4.69. The minimum absolute atomic E-state index is 0.683. The van der Waals surface area contributed by atoms with Gasteiger partial charge in [-0.2, -0.15) is 5.10 Å². The van der Waals surface area contributed by atoms with Crippen LogP contribution in [0.3, 0.4) is 0 Å². The summed E-state index contributed by atoms with van der Waals surface area (Å²) < 4.78 is 0. The Morgan fingerprint density at radius 3 is 3.09 bits per heavy atom. The monoisotopic (exact) mass is 165 g/mol. The molecule has 0 spiro atoms. The van der Waals surface area contributed by atoms with Crippen molar-refractivity contribution in [3.05, 3.63) is 12.4 Å². The molecule has 0 aliphatic rings. The van der Waals surface area contributed by atoms with Gasteiger partial charge in [0.05, 0.1) is 12.4 Å². The van der Waals surface area contributed by atoms with Gasteiger partial charge in [-0.25, -0.2) is 4.98 Å². The number of nitrogens with zero attached hydrogens (tertiary/aromatic N) is 3. The van der Waals surface area contributed by atoms with Gasteiger partial charge in [0.15, 0.2) is 0 Å². The number of hydrogen-bond acceptors (Lipinski definition) is 4. The first-order valence-corrected chi connectivity index (χ1v) is 4.12. The summed E-state index contributed by atoms with van der Waals surface area (Å²) in [6, 6.07) is 0. The molecule has 0 saturated heterocycles. The first-order valence-electron chi connectivity index (χ1n) is 3.13. The highest BCUT2D eigenvalue weighted by Crippen LogP contribution is 2.10. The molecule has 0 aliphatic carbocycles. The molecular weight excluding hydrogens is 158 g/mol. The molecule has 1 heterocycles. The molecule has 0 atom stereocenters. The van der Waals surface area contributed by atoms with Crippen molar-refractivity contribution in [1.82, 2.24) is 15.2 Å². The van der Waals surface area contributed by atoms with Gasteiger partial charge in [0.2, 0.25) is 5.16 Å². The van der Waals surface area contributed by atoms with Crippen molar-refractivity contribution in [2.24, 2.45) is 0 Å². The molecule has 0 N–H and O–H groups in total. The predicted molar refractivity (Wildman–Crippen MR) is 44.0 cm³/mol. The second-order valence-corrected chi connectivity index (χ2v) is 2.79. The lowest BCUT2D eigenvalue weighted by atomic mass is 10.5. The van der Waals surface area contributed by atoms with Gasteiger partial charge in [-0.3, -0.25) is 0 Å². The van der Waals surface area contributed by atoms with Crippen molar-refractivity contribution in [3.63, 3.8) is 0 Å². The van der Waals surface area contributed by atoms with E-state index in [0.717, 1.165) is 12.2 Å². The minimum Gasteiger partial charge on any atom is -0.228 e. The first kappa shape index (κ1) is 8.02. The zero-order valence-electron chi connectivity index (χ0n) is 5.90. The zero-order chi connectivity index (χ0) is 7.94. The largest absolute Gasteiger partial charge is 0.228 e. The number of hydrogen-bond donors (Lipinski definition) is 0. The fraction of sp³-hybridized carbons (Fsp3) is 0.286. The molecule has 0 bridgehead atoms. The molecule has 0 aliphatic heterocycles. The Kier molecular flexibility index (Phi) is 3.42. The molecule has 56 valence electrons. The Bertz CT molecular complexity index is 242. The maximum absolute atomic E-state index is 5.07. The van der Waals surface area contributed by atoms with Crippen LogP contribution in [0.25, 0.3) is 0 Å². The van der Waals surface area contributed by atoms with Crippen molar-refractivity contribution >= 4 is 11.8 Å². The lowest BCUT2D eigenvalue weighted by molar-refractivity contribution is 0.838. The SMILES string of the molecule is C#CCCSc1nccnn1. The van der Waals surface area contributed by atoms with E-state index in [2.05, 4.69) is 21.1 Å². The Hall–Kier alpha value is -1.08. The molecule has 1 aromatic rings. The predicted octanol–water partition coefficient (Wildman–Crippen LogP) is 0.987. The molecular formula is C7H7N3S. The van der Waals surface area contributed by atoms with E-state index < -0.39 is 0 Å². The normalized spacial score (nSPS) is 9.00. The average molecular weight is 165 g/mol. The van der Waals surface area contributed by atoms with Crippen molar-refractivity contribution in [1.29, 1.82) is 0 Å². The number of thioether (sulfide) groups is 1. The summed E-state index contributed by atoms with van der Waals surface area (Å²) in [5.41, 5.74) is 0. The van der Waals surface area contributed by atoms with Crippen LogP contribution in [0.2, 0.25) is 0 Å². The summed E-state index contributed by atoms with van der Waals surface area (Å²) in [5, 5.41) is 8.15. The molecule has 11 heavy (non-hydrogen) atoms. The number of aromatic nitrogens is 3. The summed E-state index contributed by atoms with van der Waals surface area (Å²) in [4.78, 5) is 3.97. The van der Waals surface area contributed by atoms with Gasteiger partial charge in [0.1, 0.15) is 0 Å². The summed E-state index contributed by atoms with van der Waals surface area (Å²) in [6.07, 6.45) is 8.98. The van der Waals surface area contributed by atoms with Gasteiger partial charge in [-0.15, -0.1) is 17.4 Å². The molecule has 0 radical (unpaired) electrons. The second-order valence-electron chi connectivity index (χ2n) is 1.73. The van der Waals surface area contributed by atoms with Crippen LogP contribution in [0.15, 0.2) is 17.6 Å². The molecule has 1 rings (SSSR count). The maximum Gasteiger partial charge on any atom is 0.209 e. The smallest absolute Gasteiger partial charge is 0.209 e. The first-order chi connectivity index (χ1) is 5.43. The molecule has 3 nitrogen and oxygen atoms in total. The summed E-state index contributed by atoms with van der Waals surface area (Å²) in [5.74, 6) is 3.39. The topological polar surface area (TPSA) is 38.7 Å². The van der Waals surface area contributed by atoms with E-state index in [1.165, 1.54) is 11.8 Å². The van der Waals surface area contributed by atoms with Gasteiger partial charge in [0, 0.05) is 12.2 Å². The highest BCUT2D eigenvalue weighted by molar-refractivity contribution is 7.99. The van der Waals surface area contributed by atoms with Crippen LogP contribution in [0, 0.1) is 12.3 Å². The molecule has 0 saturated carbocycles. The molecule has 0 amide bonds. The van der Waals surface area contributed by atoms with Gasteiger partial charge in [-0.1, -0.05) is 11.8 Å². The molecule has 4 heteroatoms. The molecule has 0 aromatic carbocycles. The quantitative estimate of drug-likeness (QED) is 0.380. The Morgan fingerprint density at radius 1 is 1.55 bits per heavy atom. The third-order valence-electron chi connectivity index (χ3n) is 0.939. The van der Waals surface area contributed by atoms with Crippen LogP contribution < -0.4 is 0 Å².